The fraction of sp³-hybridized carbons (Fsp3) is 0.533. The van der Waals surface area contributed by atoms with Crippen molar-refractivity contribution in [3.05, 3.63) is 35.6 Å². The molecule has 1 aliphatic rings. The van der Waals surface area contributed by atoms with E-state index in [9.17, 15) is 9.65 Å². The Labute approximate surface area is 108 Å². The molecular formula is C15H19FN2. The molecule has 1 N–H and O–H groups in total. The van der Waals surface area contributed by atoms with E-state index in [4.69, 9.17) is 0 Å². The molecule has 2 nitrogen and oxygen atoms in total. The van der Waals surface area contributed by atoms with E-state index in [2.05, 4.69) is 11.4 Å². The SMILES string of the molecule is CC(C#N)(Cc1ccc(F)cc1)NC1CCCC1. The first-order chi connectivity index (χ1) is 8.61. The summed E-state index contributed by atoms with van der Waals surface area (Å²) in [5.41, 5.74) is 0.429. The lowest BCUT2D eigenvalue weighted by atomic mass is 9.93. The van der Waals surface area contributed by atoms with Crippen LogP contribution in [0.15, 0.2) is 24.3 Å². The molecule has 0 amide bonds. The molecule has 0 radical (unpaired) electrons. The van der Waals surface area contributed by atoms with Gasteiger partial charge in [-0.1, -0.05) is 25.0 Å². The molecule has 0 saturated heterocycles. The average Bonchev–Trinajstić information content (AvgIpc) is 2.85. The van der Waals surface area contributed by atoms with Crippen LogP contribution in [0, 0.1) is 17.1 Å². The molecule has 1 unspecified atom stereocenters. The van der Waals surface area contributed by atoms with Crippen LogP contribution in [-0.4, -0.2) is 11.6 Å². The second-order valence-electron chi connectivity index (χ2n) is 5.37. The largest absolute Gasteiger partial charge is 0.297 e. The number of nitrogens with zero attached hydrogens (tertiary/aromatic N) is 1. The number of rotatable bonds is 4. The second kappa shape index (κ2) is 5.49. The molecule has 2 rings (SSSR count). The van der Waals surface area contributed by atoms with E-state index in [1.54, 1.807) is 12.1 Å². The molecule has 1 saturated carbocycles. The summed E-state index contributed by atoms with van der Waals surface area (Å²) in [6.07, 6.45) is 5.41. The zero-order chi connectivity index (χ0) is 13.0. The standard InChI is InChI=1S/C15H19FN2/c1-15(11-17,18-14-4-2-3-5-14)10-12-6-8-13(16)9-7-12/h6-9,14,18H,2-5,10H2,1H3. The van der Waals surface area contributed by atoms with Gasteiger partial charge in [0.2, 0.25) is 0 Å². The monoisotopic (exact) mass is 246 g/mol. The van der Waals surface area contributed by atoms with Crippen LogP contribution in [-0.2, 0) is 6.42 Å². The first-order valence-corrected chi connectivity index (χ1v) is 6.55. The molecule has 1 atom stereocenters. The molecule has 1 fully saturated rings. The summed E-state index contributed by atoms with van der Waals surface area (Å²) >= 11 is 0. The van der Waals surface area contributed by atoms with Crippen molar-refractivity contribution in [2.24, 2.45) is 0 Å². The Balaban J connectivity index is 2.02. The summed E-state index contributed by atoms with van der Waals surface area (Å²) in [6, 6.07) is 9.21. The Kier molecular flexibility index (Phi) is 3.98. The third kappa shape index (κ3) is 3.30. The fourth-order valence-electron chi connectivity index (χ4n) is 2.65. The number of nitriles is 1. The number of hydrogen-bond donors (Lipinski definition) is 1. The van der Waals surface area contributed by atoms with Gasteiger partial charge in [0.1, 0.15) is 11.4 Å². The predicted octanol–water partition coefficient (Wildman–Crippen LogP) is 3.18. The van der Waals surface area contributed by atoms with Crippen molar-refractivity contribution in [2.45, 2.75) is 50.6 Å². The molecule has 0 heterocycles. The molecule has 0 spiro atoms. The minimum Gasteiger partial charge on any atom is -0.297 e. The van der Waals surface area contributed by atoms with Gasteiger partial charge in [0.15, 0.2) is 0 Å². The molecular weight excluding hydrogens is 227 g/mol. The van der Waals surface area contributed by atoms with Crippen molar-refractivity contribution in [2.75, 3.05) is 0 Å². The molecule has 0 aromatic heterocycles. The van der Waals surface area contributed by atoms with Crippen LogP contribution >= 0.6 is 0 Å². The van der Waals surface area contributed by atoms with Gasteiger partial charge < -0.3 is 0 Å². The van der Waals surface area contributed by atoms with Gasteiger partial charge >= 0.3 is 0 Å². The molecule has 1 aliphatic carbocycles. The topological polar surface area (TPSA) is 35.8 Å². The molecule has 1 aromatic rings. The first kappa shape index (κ1) is 13.0. The Morgan fingerprint density at radius 3 is 2.50 bits per heavy atom. The van der Waals surface area contributed by atoms with Crippen LogP contribution in [0.4, 0.5) is 4.39 Å². The first-order valence-electron chi connectivity index (χ1n) is 6.55. The zero-order valence-corrected chi connectivity index (χ0v) is 10.7. The minimum atomic E-state index is -0.563. The van der Waals surface area contributed by atoms with E-state index in [1.165, 1.54) is 25.0 Å². The van der Waals surface area contributed by atoms with Gasteiger partial charge in [-0.15, -0.1) is 0 Å². The van der Waals surface area contributed by atoms with E-state index in [0.717, 1.165) is 18.4 Å². The van der Waals surface area contributed by atoms with E-state index in [0.29, 0.717) is 12.5 Å². The van der Waals surface area contributed by atoms with Crippen LogP contribution in [0.3, 0.4) is 0 Å². The molecule has 3 heteroatoms. The van der Waals surface area contributed by atoms with Crippen molar-refractivity contribution in [3.8, 4) is 6.07 Å². The highest BCUT2D eigenvalue weighted by Crippen LogP contribution is 2.22. The third-order valence-electron chi connectivity index (χ3n) is 3.60. The summed E-state index contributed by atoms with van der Waals surface area (Å²) < 4.78 is 12.8. The Morgan fingerprint density at radius 2 is 1.94 bits per heavy atom. The van der Waals surface area contributed by atoms with E-state index >= 15 is 0 Å². The minimum absolute atomic E-state index is 0.235. The third-order valence-corrected chi connectivity index (χ3v) is 3.60. The van der Waals surface area contributed by atoms with Gasteiger partial charge in [0.25, 0.3) is 0 Å². The van der Waals surface area contributed by atoms with Crippen molar-refractivity contribution in [1.29, 1.82) is 5.26 Å². The van der Waals surface area contributed by atoms with Crippen molar-refractivity contribution < 1.29 is 4.39 Å². The van der Waals surface area contributed by atoms with Gasteiger partial charge in [0, 0.05) is 12.5 Å². The Morgan fingerprint density at radius 1 is 1.33 bits per heavy atom. The van der Waals surface area contributed by atoms with E-state index < -0.39 is 5.54 Å². The van der Waals surface area contributed by atoms with Gasteiger partial charge in [0.05, 0.1) is 6.07 Å². The fourth-order valence-corrected chi connectivity index (χ4v) is 2.65. The van der Waals surface area contributed by atoms with Gasteiger partial charge in [-0.25, -0.2) is 4.39 Å². The van der Waals surface area contributed by atoms with Gasteiger partial charge in [-0.2, -0.15) is 5.26 Å². The summed E-state index contributed by atoms with van der Waals surface area (Å²) in [6.45, 7) is 1.93. The predicted molar refractivity (Wildman–Crippen MR) is 69.5 cm³/mol. The van der Waals surface area contributed by atoms with Crippen LogP contribution in [0.5, 0.6) is 0 Å². The van der Waals surface area contributed by atoms with Gasteiger partial charge in [-0.3, -0.25) is 5.32 Å². The normalized spacial score (nSPS) is 19.4. The number of halogens is 1. The summed E-state index contributed by atoms with van der Waals surface area (Å²) in [4.78, 5) is 0. The lowest BCUT2D eigenvalue weighted by molar-refractivity contribution is 0.377. The Hall–Kier alpha value is -1.40. The number of nitrogens with one attached hydrogen (secondary N) is 1. The number of benzene rings is 1. The van der Waals surface area contributed by atoms with Crippen molar-refractivity contribution in [1.82, 2.24) is 5.32 Å². The zero-order valence-electron chi connectivity index (χ0n) is 10.7. The van der Waals surface area contributed by atoms with Crippen LogP contribution in [0.1, 0.15) is 38.2 Å². The average molecular weight is 246 g/mol. The van der Waals surface area contributed by atoms with Crippen LogP contribution in [0.2, 0.25) is 0 Å². The molecule has 96 valence electrons. The molecule has 0 bridgehead atoms. The summed E-state index contributed by atoms with van der Waals surface area (Å²) in [5, 5.41) is 12.8. The maximum Gasteiger partial charge on any atom is 0.123 e. The van der Waals surface area contributed by atoms with E-state index in [-0.39, 0.29) is 5.82 Å². The Bertz CT molecular complexity index is 429. The van der Waals surface area contributed by atoms with Crippen molar-refractivity contribution >= 4 is 0 Å². The molecule has 1 aromatic carbocycles. The second-order valence-corrected chi connectivity index (χ2v) is 5.37. The van der Waals surface area contributed by atoms with E-state index in [1.807, 2.05) is 6.92 Å². The highest BCUT2D eigenvalue weighted by Gasteiger charge is 2.28. The summed E-state index contributed by atoms with van der Waals surface area (Å²) in [5.74, 6) is -0.235. The molecule has 0 aliphatic heterocycles. The summed E-state index contributed by atoms with van der Waals surface area (Å²) in [7, 11) is 0. The smallest absolute Gasteiger partial charge is 0.123 e. The lowest BCUT2D eigenvalue weighted by Gasteiger charge is -2.27. The maximum absolute atomic E-state index is 12.8. The molecule has 18 heavy (non-hydrogen) atoms. The van der Waals surface area contributed by atoms with Crippen LogP contribution in [0.25, 0.3) is 0 Å². The van der Waals surface area contributed by atoms with Crippen LogP contribution < -0.4 is 5.32 Å². The van der Waals surface area contributed by atoms with Gasteiger partial charge in [-0.05, 0) is 37.5 Å². The highest BCUT2D eigenvalue weighted by atomic mass is 19.1. The highest BCUT2D eigenvalue weighted by molar-refractivity contribution is 5.22. The quantitative estimate of drug-likeness (QED) is 0.885. The lowest BCUT2D eigenvalue weighted by Crippen LogP contribution is -2.47. The number of hydrogen-bond acceptors (Lipinski definition) is 2. The van der Waals surface area contributed by atoms with Crippen molar-refractivity contribution in [3.63, 3.8) is 0 Å². The maximum atomic E-state index is 12.8.